The summed E-state index contributed by atoms with van der Waals surface area (Å²) in [6.45, 7) is 5.65. The molecule has 2 aliphatic rings. The van der Waals surface area contributed by atoms with Crippen LogP contribution in [0.15, 0.2) is 59.1 Å². The molecule has 33 heavy (non-hydrogen) atoms. The van der Waals surface area contributed by atoms with Gasteiger partial charge in [0.25, 0.3) is 5.91 Å². The molecule has 2 aliphatic heterocycles. The summed E-state index contributed by atoms with van der Waals surface area (Å²) in [7, 11) is 0. The number of aromatic nitrogens is 1. The quantitative estimate of drug-likeness (QED) is 0.508. The fraction of sp³-hybridized carbons (Fsp3) is 0.407. The Bertz CT molecular complexity index is 1080. The molecule has 172 valence electrons. The summed E-state index contributed by atoms with van der Waals surface area (Å²) in [4.78, 5) is 18.0. The Balaban J connectivity index is 1.53. The number of rotatable bonds is 7. The minimum absolute atomic E-state index is 0.0242. The number of anilines is 1. The lowest BCUT2D eigenvalue weighted by atomic mass is 10.0. The first-order chi connectivity index (χ1) is 16.2. The second-order valence-corrected chi connectivity index (χ2v) is 9.01. The van der Waals surface area contributed by atoms with Crippen LogP contribution in [0.2, 0.25) is 0 Å². The summed E-state index contributed by atoms with van der Waals surface area (Å²) in [5.41, 5.74) is 4.50. The number of benzene rings is 2. The zero-order valence-electron chi connectivity index (χ0n) is 19.2. The second-order valence-electron chi connectivity index (χ2n) is 9.01. The number of carbonyl (C=O) groups is 1. The Morgan fingerprint density at radius 3 is 2.55 bits per heavy atom. The van der Waals surface area contributed by atoms with E-state index >= 15 is 0 Å². The molecular weight excluding hydrogens is 414 g/mol. The lowest BCUT2D eigenvalue weighted by Gasteiger charge is -2.27. The van der Waals surface area contributed by atoms with Crippen molar-refractivity contribution in [2.75, 3.05) is 31.1 Å². The molecule has 2 fully saturated rings. The fourth-order valence-corrected chi connectivity index (χ4v) is 4.86. The van der Waals surface area contributed by atoms with Gasteiger partial charge >= 0.3 is 0 Å². The molecule has 0 bridgehead atoms. The topological polar surface area (TPSA) is 58.8 Å². The summed E-state index contributed by atoms with van der Waals surface area (Å²) in [6, 6.07) is 17.9. The molecule has 0 radical (unpaired) electrons. The second kappa shape index (κ2) is 9.79. The van der Waals surface area contributed by atoms with Gasteiger partial charge < -0.3 is 19.1 Å². The number of ether oxygens (including phenoxy) is 1. The van der Waals surface area contributed by atoms with E-state index in [1.807, 2.05) is 66.4 Å². The first-order valence-corrected chi connectivity index (χ1v) is 12.0. The minimum Gasteiger partial charge on any atom is -0.376 e. The average Bonchev–Trinajstić information content (AvgIpc) is 3.61. The first-order valence-electron chi connectivity index (χ1n) is 12.0. The maximum Gasteiger partial charge on any atom is 0.254 e. The first kappa shape index (κ1) is 21.7. The zero-order chi connectivity index (χ0) is 22.6. The van der Waals surface area contributed by atoms with Gasteiger partial charge in [-0.3, -0.25) is 4.79 Å². The van der Waals surface area contributed by atoms with Crippen molar-refractivity contribution in [3.8, 4) is 11.3 Å². The standard InChI is InChI=1S/C27H31N3O3/c1-20-10-5-6-14-23(20)26(31)30(18-22-13-9-17-32-22)19-24-25(21-11-3-2-4-12-21)28-33-27(24)29-15-7-8-16-29/h2-6,10-12,14,22H,7-9,13,15-19H2,1H3/t22-/m1/s1. The molecule has 0 saturated carbocycles. The van der Waals surface area contributed by atoms with Crippen molar-refractivity contribution >= 4 is 11.8 Å². The third-order valence-electron chi connectivity index (χ3n) is 6.67. The lowest BCUT2D eigenvalue weighted by Crippen LogP contribution is -2.37. The Morgan fingerprint density at radius 2 is 1.82 bits per heavy atom. The summed E-state index contributed by atoms with van der Waals surface area (Å²) < 4.78 is 11.8. The van der Waals surface area contributed by atoms with Crippen LogP contribution in [-0.4, -0.2) is 48.3 Å². The Labute approximate surface area is 195 Å². The minimum atomic E-state index is 0.0242. The molecule has 5 rings (SSSR count). The molecule has 6 heteroatoms. The highest BCUT2D eigenvalue weighted by Crippen LogP contribution is 2.34. The van der Waals surface area contributed by atoms with Gasteiger partial charge in [-0.05, 0) is 44.2 Å². The van der Waals surface area contributed by atoms with Crippen molar-refractivity contribution in [2.24, 2.45) is 0 Å². The predicted molar refractivity (Wildman–Crippen MR) is 128 cm³/mol. The third kappa shape index (κ3) is 4.67. The van der Waals surface area contributed by atoms with E-state index < -0.39 is 0 Å². The van der Waals surface area contributed by atoms with Gasteiger partial charge in [-0.15, -0.1) is 0 Å². The van der Waals surface area contributed by atoms with Gasteiger partial charge in [0.1, 0.15) is 5.69 Å². The molecule has 2 saturated heterocycles. The van der Waals surface area contributed by atoms with Crippen LogP contribution in [0.1, 0.15) is 47.2 Å². The van der Waals surface area contributed by atoms with E-state index in [2.05, 4.69) is 10.1 Å². The van der Waals surface area contributed by atoms with Gasteiger partial charge in [-0.1, -0.05) is 53.7 Å². The largest absolute Gasteiger partial charge is 0.376 e. The number of hydrogen-bond acceptors (Lipinski definition) is 5. The van der Waals surface area contributed by atoms with Gasteiger partial charge in [-0.25, -0.2) is 0 Å². The van der Waals surface area contributed by atoms with Gasteiger partial charge in [0.15, 0.2) is 0 Å². The number of hydrogen-bond donors (Lipinski definition) is 0. The number of aryl methyl sites for hydroxylation is 1. The predicted octanol–water partition coefficient (Wildman–Crippen LogP) is 5.07. The normalized spacial score (nSPS) is 18.1. The molecule has 3 heterocycles. The smallest absolute Gasteiger partial charge is 0.254 e. The molecule has 3 aromatic rings. The van der Waals surface area contributed by atoms with E-state index in [4.69, 9.17) is 9.26 Å². The SMILES string of the molecule is Cc1ccccc1C(=O)N(Cc1c(-c2ccccc2)noc1N1CCCC1)C[C@H]1CCCO1. The average molecular weight is 446 g/mol. The molecule has 0 spiro atoms. The van der Waals surface area contributed by atoms with Crippen LogP contribution >= 0.6 is 0 Å². The summed E-state index contributed by atoms with van der Waals surface area (Å²) >= 11 is 0. The molecule has 6 nitrogen and oxygen atoms in total. The van der Waals surface area contributed by atoms with Crippen LogP contribution in [0.25, 0.3) is 11.3 Å². The molecule has 2 aromatic carbocycles. The Morgan fingerprint density at radius 1 is 1.06 bits per heavy atom. The van der Waals surface area contributed by atoms with E-state index in [9.17, 15) is 4.79 Å². The monoisotopic (exact) mass is 445 g/mol. The van der Waals surface area contributed by atoms with Crippen molar-refractivity contribution in [1.82, 2.24) is 10.1 Å². The highest BCUT2D eigenvalue weighted by atomic mass is 16.5. The van der Waals surface area contributed by atoms with E-state index in [1.165, 1.54) is 0 Å². The van der Waals surface area contributed by atoms with Crippen molar-refractivity contribution in [3.63, 3.8) is 0 Å². The maximum atomic E-state index is 13.8. The van der Waals surface area contributed by atoms with Crippen LogP contribution in [0.3, 0.4) is 0 Å². The van der Waals surface area contributed by atoms with Crippen molar-refractivity contribution < 1.29 is 14.1 Å². The van der Waals surface area contributed by atoms with E-state index in [0.717, 1.165) is 79.2 Å². The van der Waals surface area contributed by atoms with Crippen LogP contribution < -0.4 is 4.90 Å². The van der Waals surface area contributed by atoms with Crippen LogP contribution in [0.4, 0.5) is 5.88 Å². The van der Waals surface area contributed by atoms with Gasteiger partial charge in [0.2, 0.25) is 5.88 Å². The number of carbonyl (C=O) groups excluding carboxylic acids is 1. The third-order valence-corrected chi connectivity index (χ3v) is 6.67. The zero-order valence-corrected chi connectivity index (χ0v) is 19.2. The summed E-state index contributed by atoms with van der Waals surface area (Å²) in [5, 5.41) is 4.48. The van der Waals surface area contributed by atoms with Gasteiger partial charge in [-0.2, -0.15) is 0 Å². The highest BCUT2D eigenvalue weighted by Gasteiger charge is 2.30. The van der Waals surface area contributed by atoms with Gasteiger partial charge in [0.05, 0.1) is 18.2 Å². The fourth-order valence-electron chi connectivity index (χ4n) is 4.86. The molecule has 0 unspecified atom stereocenters. The maximum absolute atomic E-state index is 13.8. The molecule has 1 atom stereocenters. The molecule has 0 aliphatic carbocycles. The van der Waals surface area contributed by atoms with Crippen molar-refractivity contribution in [1.29, 1.82) is 0 Å². The molecule has 1 aromatic heterocycles. The molecule has 1 amide bonds. The van der Waals surface area contributed by atoms with Crippen LogP contribution in [0, 0.1) is 6.92 Å². The van der Waals surface area contributed by atoms with E-state index in [-0.39, 0.29) is 12.0 Å². The van der Waals surface area contributed by atoms with Crippen LogP contribution in [-0.2, 0) is 11.3 Å². The van der Waals surface area contributed by atoms with E-state index in [0.29, 0.717) is 13.1 Å². The van der Waals surface area contributed by atoms with Crippen molar-refractivity contribution in [2.45, 2.75) is 45.3 Å². The van der Waals surface area contributed by atoms with Gasteiger partial charge in [0, 0.05) is 37.4 Å². The lowest BCUT2D eigenvalue weighted by molar-refractivity contribution is 0.0507. The molecular formula is C27H31N3O3. The van der Waals surface area contributed by atoms with Crippen molar-refractivity contribution in [3.05, 3.63) is 71.3 Å². The highest BCUT2D eigenvalue weighted by molar-refractivity contribution is 5.95. The Kier molecular flexibility index (Phi) is 6.44. The summed E-state index contributed by atoms with van der Waals surface area (Å²) in [6.07, 6.45) is 4.36. The van der Waals surface area contributed by atoms with Crippen LogP contribution in [0.5, 0.6) is 0 Å². The molecule has 0 N–H and O–H groups in total. The summed E-state index contributed by atoms with van der Waals surface area (Å²) in [5.74, 6) is 0.817. The number of nitrogens with zero attached hydrogens (tertiary/aromatic N) is 3. The number of amides is 1. The Hall–Kier alpha value is -3.12. The van der Waals surface area contributed by atoms with E-state index in [1.54, 1.807) is 0 Å².